The van der Waals surface area contributed by atoms with E-state index in [2.05, 4.69) is 6.92 Å². The molecular formula is C9H18ClNO2. The Labute approximate surface area is 84.6 Å². The van der Waals surface area contributed by atoms with Crippen LogP contribution in [0.25, 0.3) is 0 Å². The lowest BCUT2D eigenvalue weighted by molar-refractivity contribution is -0.146. The molecule has 0 aromatic carbocycles. The molecule has 0 bridgehead atoms. The zero-order valence-electron chi connectivity index (χ0n) is 8.31. The maximum atomic E-state index is 11.0. The summed E-state index contributed by atoms with van der Waals surface area (Å²) in [7, 11) is 0. The highest BCUT2D eigenvalue weighted by Gasteiger charge is 2.26. The van der Waals surface area contributed by atoms with Gasteiger partial charge in [0.25, 0.3) is 0 Å². The van der Waals surface area contributed by atoms with Gasteiger partial charge in [-0.15, -0.1) is 0 Å². The second kappa shape index (κ2) is 6.22. The fraction of sp³-hybridized carbons (Fsp3) is 0.889. The second-order valence-electron chi connectivity index (χ2n) is 3.27. The van der Waals surface area contributed by atoms with Crippen molar-refractivity contribution in [3.63, 3.8) is 0 Å². The van der Waals surface area contributed by atoms with Crippen LogP contribution < -0.4 is 5.73 Å². The molecule has 0 radical (unpaired) electrons. The Hall–Kier alpha value is -0.280. The molecule has 0 aromatic heterocycles. The van der Waals surface area contributed by atoms with Gasteiger partial charge in [-0.1, -0.05) is 37.8 Å². The molecule has 0 fully saturated rings. The number of hydrogen-bond donors (Lipinski definition) is 1. The molecular weight excluding hydrogens is 190 g/mol. The number of hydrogen-bond acceptors (Lipinski definition) is 3. The number of ether oxygens (including phenoxy) is 1. The highest BCUT2D eigenvalue weighted by molar-refractivity contribution is 6.33. The standard InChI is InChI=1S/C9H18ClNO2/c1-3-4-5-6-7-13-8(12)9(2,10)11/h3-7,11H2,1-2H3. The molecule has 13 heavy (non-hydrogen) atoms. The van der Waals surface area contributed by atoms with Gasteiger partial charge < -0.3 is 10.5 Å². The Bertz CT molecular complexity index is 154. The maximum Gasteiger partial charge on any atom is 0.341 e. The second-order valence-corrected chi connectivity index (χ2v) is 4.06. The number of alkyl halides is 1. The summed E-state index contributed by atoms with van der Waals surface area (Å²) in [5.74, 6) is -0.550. The van der Waals surface area contributed by atoms with E-state index in [0.29, 0.717) is 6.61 Å². The highest BCUT2D eigenvalue weighted by Crippen LogP contribution is 2.08. The van der Waals surface area contributed by atoms with Crippen LogP contribution in [0.5, 0.6) is 0 Å². The van der Waals surface area contributed by atoms with Gasteiger partial charge in [0, 0.05) is 0 Å². The van der Waals surface area contributed by atoms with Crippen molar-refractivity contribution in [1.29, 1.82) is 0 Å². The zero-order chi connectivity index (χ0) is 10.3. The number of carbonyl (C=O) groups excluding carboxylic acids is 1. The van der Waals surface area contributed by atoms with E-state index < -0.39 is 11.0 Å². The molecule has 0 amide bonds. The molecule has 0 saturated carbocycles. The molecule has 0 aliphatic carbocycles. The summed E-state index contributed by atoms with van der Waals surface area (Å²) < 4.78 is 4.86. The highest BCUT2D eigenvalue weighted by atomic mass is 35.5. The van der Waals surface area contributed by atoms with E-state index in [1.165, 1.54) is 6.92 Å². The van der Waals surface area contributed by atoms with Gasteiger partial charge in [-0.2, -0.15) is 0 Å². The largest absolute Gasteiger partial charge is 0.463 e. The first kappa shape index (κ1) is 12.7. The SMILES string of the molecule is CCCCCCOC(=O)C(C)(N)Cl. The summed E-state index contributed by atoms with van der Waals surface area (Å²) in [6.45, 7) is 3.96. The third kappa shape index (κ3) is 6.84. The summed E-state index contributed by atoms with van der Waals surface area (Å²) in [6.07, 6.45) is 4.29. The predicted molar refractivity (Wildman–Crippen MR) is 53.5 cm³/mol. The Morgan fingerprint density at radius 1 is 1.46 bits per heavy atom. The van der Waals surface area contributed by atoms with E-state index in [9.17, 15) is 4.79 Å². The van der Waals surface area contributed by atoms with E-state index in [4.69, 9.17) is 22.1 Å². The predicted octanol–water partition coefficient (Wildman–Crippen LogP) is 2.02. The first-order valence-electron chi connectivity index (χ1n) is 4.63. The van der Waals surface area contributed by atoms with Crippen LogP contribution >= 0.6 is 11.6 Å². The Balaban J connectivity index is 3.38. The van der Waals surface area contributed by atoms with Crippen molar-refractivity contribution in [2.75, 3.05) is 6.61 Å². The van der Waals surface area contributed by atoms with Crippen molar-refractivity contribution < 1.29 is 9.53 Å². The molecule has 0 saturated heterocycles. The topological polar surface area (TPSA) is 52.3 Å². The van der Waals surface area contributed by atoms with Crippen molar-refractivity contribution in [3.8, 4) is 0 Å². The van der Waals surface area contributed by atoms with Crippen LogP contribution in [0.15, 0.2) is 0 Å². The molecule has 78 valence electrons. The van der Waals surface area contributed by atoms with Gasteiger partial charge >= 0.3 is 5.97 Å². The third-order valence-electron chi connectivity index (χ3n) is 1.63. The number of halogens is 1. The van der Waals surface area contributed by atoms with Crippen molar-refractivity contribution in [2.24, 2.45) is 5.73 Å². The number of unbranched alkanes of at least 4 members (excludes halogenated alkanes) is 3. The zero-order valence-corrected chi connectivity index (χ0v) is 9.06. The molecule has 2 N–H and O–H groups in total. The quantitative estimate of drug-likeness (QED) is 0.314. The number of nitrogens with two attached hydrogens (primary N) is 1. The van der Waals surface area contributed by atoms with Gasteiger partial charge in [0.2, 0.25) is 0 Å². The maximum absolute atomic E-state index is 11.0. The van der Waals surface area contributed by atoms with Gasteiger partial charge in [0.1, 0.15) is 0 Å². The summed E-state index contributed by atoms with van der Waals surface area (Å²) in [5, 5.41) is 0. The van der Waals surface area contributed by atoms with E-state index in [1.807, 2.05) is 0 Å². The van der Waals surface area contributed by atoms with E-state index in [1.54, 1.807) is 0 Å². The minimum absolute atomic E-state index is 0.415. The third-order valence-corrected chi connectivity index (χ3v) is 1.78. The van der Waals surface area contributed by atoms with Crippen LogP contribution in [0.2, 0.25) is 0 Å². The molecule has 1 atom stereocenters. The molecule has 1 unspecified atom stereocenters. The molecule has 0 aliphatic heterocycles. The number of carbonyl (C=O) groups is 1. The normalized spacial score (nSPS) is 15.1. The summed E-state index contributed by atoms with van der Waals surface area (Å²) in [5.41, 5.74) is 5.31. The van der Waals surface area contributed by atoms with Gasteiger partial charge in [-0.3, -0.25) is 0 Å². The Morgan fingerprint density at radius 3 is 2.54 bits per heavy atom. The molecule has 0 aromatic rings. The first-order valence-corrected chi connectivity index (χ1v) is 5.01. The molecule has 0 rings (SSSR count). The smallest absolute Gasteiger partial charge is 0.341 e. The van der Waals surface area contributed by atoms with Gasteiger partial charge in [0.15, 0.2) is 5.00 Å². The van der Waals surface area contributed by atoms with Crippen LogP contribution in [0, 0.1) is 0 Å². The average molecular weight is 208 g/mol. The molecule has 0 spiro atoms. The van der Waals surface area contributed by atoms with Gasteiger partial charge in [-0.05, 0) is 13.3 Å². The minimum atomic E-state index is -1.38. The Kier molecular flexibility index (Phi) is 6.08. The minimum Gasteiger partial charge on any atom is -0.463 e. The molecule has 3 nitrogen and oxygen atoms in total. The number of rotatable bonds is 6. The lowest BCUT2D eigenvalue weighted by Crippen LogP contribution is -2.40. The van der Waals surface area contributed by atoms with Crippen LogP contribution in [-0.2, 0) is 9.53 Å². The van der Waals surface area contributed by atoms with Crippen LogP contribution in [-0.4, -0.2) is 17.6 Å². The van der Waals surface area contributed by atoms with Crippen molar-refractivity contribution in [2.45, 2.75) is 44.5 Å². The van der Waals surface area contributed by atoms with E-state index in [0.717, 1.165) is 25.7 Å². The van der Waals surface area contributed by atoms with E-state index >= 15 is 0 Å². The van der Waals surface area contributed by atoms with Crippen LogP contribution in [0.1, 0.15) is 39.5 Å². The molecule has 4 heteroatoms. The summed E-state index contributed by atoms with van der Waals surface area (Å²) in [4.78, 5) is 9.63. The fourth-order valence-corrected chi connectivity index (χ4v) is 0.889. The summed E-state index contributed by atoms with van der Waals surface area (Å²) >= 11 is 5.53. The van der Waals surface area contributed by atoms with Crippen molar-refractivity contribution in [1.82, 2.24) is 0 Å². The molecule has 0 aliphatic rings. The average Bonchev–Trinajstić information content (AvgIpc) is 2.02. The number of esters is 1. The monoisotopic (exact) mass is 207 g/mol. The van der Waals surface area contributed by atoms with Crippen molar-refractivity contribution in [3.05, 3.63) is 0 Å². The van der Waals surface area contributed by atoms with E-state index in [-0.39, 0.29) is 0 Å². The van der Waals surface area contributed by atoms with Gasteiger partial charge in [0.05, 0.1) is 6.61 Å². The lowest BCUT2D eigenvalue weighted by Gasteiger charge is -2.14. The molecule has 0 heterocycles. The van der Waals surface area contributed by atoms with Crippen LogP contribution in [0.3, 0.4) is 0 Å². The fourth-order valence-electron chi connectivity index (χ4n) is 0.835. The lowest BCUT2D eigenvalue weighted by atomic mass is 10.2. The Morgan fingerprint density at radius 2 is 2.08 bits per heavy atom. The first-order chi connectivity index (χ1) is 5.98. The van der Waals surface area contributed by atoms with Crippen molar-refractivity contribution >= 4 is 17.6 Å². The summed E-state index contributed by atoms with van der Waals surface area (Å²) in [6, 6.07) is 0. The van der Waals surface area contributed by atoms with Gasteiger partial charge in [-0.25, -0.2) is 4.79 Å². The van der Waals surface area contributed by atoms with Crippen LogP contribution in [0.4, 0.5) is 0 Å².